The van der Waals surface area contributed by atoms with Gasteiger partial charge in [0.25, 0.3) is 6.01 Å². The Morgan fingerprint density at radius 2 is 1.64 bits per heavy atom. The first kappa shape index (κ1) is 22.9. The number of aromatic nitrogens is 3. The number of H-pyrrole nitrogens is 1. The topological polar surface area (TPSA) is 116 Å². The molecule has 4 atom stereocenters. The van der Waals surface area contributed by atoms with Crippen molar-refractivity contribution in [1.29, 1.82) is 0 Å². The van der Waals surface area contributed by atoms with Gasteiger partial charge in [0, 0.05) is 5.56 Å². The van der Waals surface area contributed by atoms with Crippen molar-refractivity contribution < 1.29 is 28.8 Å². The Balaban J connectivity index is 1.19. The fourth-order valence-electron chi connectivity index (χ4n) is 4.60. The normalized spacial score (nSPS) is 23.1. The molecular weight excluding hydrogens is 486 g/mol. The monoisotopic (exact) mass is 507 g/mol. The number of imidazole rings is 1. The first-order valence-electron chi connectivity index (χ1n) is 11.5. The maximum Gasteiger partial charge on any atom is 0.329 e. The fourth-order valence-corrected chi connectivity index (χ4v) is 4.86. The Bertz CT molecular complexity index is 1390. The lowest BCUT2D eigenvalue weighted by atomic mass is 10.0. The minimum Gasteiger partial charge on any atom is -0.480 e. The quantitative estimate of drug-likeness (QED) is 0.386. The summed E-state index contributed by atoms with van der Waals surface area (Å²) in [4.78, 5) is 23.1. The second-order valence-corrected chi connectivity index (χ2v) is 9.08. The highest BCUT2D eigenvalue weighted by atomic mass is 35.5. The number of rotatable bonds is 7. The van der Waals surface area contributed by atoms with Crippen LogP contribution in [0.5, 0.6) is 6.01 Å². The molecule has 10 heteroatoms. The number of nitrogens with zero attached hydrogens (tertiary/aromatic N) is 2. The highest BCUT2D eigenvalue weighted by Crippen LogP contribution is 2.33. The molecule has 4 aromatic rings. The predicted octanol–water partition coefficient (Wildman–Crippen LogP) is 3.96. The third-order valence-corrected chi connectivity index (χ3v) is 6.60. The molecule has 0 aliphatic carbocycles. The number of nitrogens with one attached hydrogen (secondary N) is 1. The van der Waals surface area contributed by atoms with Gasteiger partial charge in [-0.05, 0) is 17.2 Å². The summed E-state index contributed by atoms with van der Waals surface area (Å²) in [6.07, 6.45) is -1.65. The first-order valence-corrected chi connectivity index (χ1v) is 11.9. The standard InChI is InChI=1S/C26H22ClN3O6/c27-17-10-18-25(29-22(17)16-8-6-15(7-9-16)14-4-2-1-3-5-14)30-26(28-18)36-20-12-35-23-19(11-34-24(20)23)33-13-21(31)32/h1-10,19-20,23-24H,11-13H2,(H,31,32)(H,28,29,30)/t19-,20-,23-,24-/m1/s1. The van der Waals surface area contributed by atoms with Gasteiger partial charge in [-0.2, -0.15) is 4.98 Å². The van der Waals surface area contributed by atoms with Crippen LogP contribution in [0.1, 0.15) is 0 Å². The van der Waals surface area contributed by atoms with Crippen LogP contribution in [0.2, 0.25) is 5.02 Å². The van der Waals surface area contributed by atoms with Gasteiger partial charge >= 0.3 is 5.97 Å². The van der Waals surface area contributed by atoms with Gasteiger partial charge in [0.2, 0.25) is 0 Å². The Labute approximate surface area is 210 Å². The van der Waals surface area contributed by atoms with E-state index in [0.717, 1.165) is 16.7 Å². The molecule has 0 unspecified atom stereocenters. The van der Waals surface area contributed by atoms with Crippen LogP contribution in [0.4, 0.5) is 0 Å². The van der Waals surface area contributed by atoms with Gasteiger partial charge in [-0.15, -0.1) is 0 Å². The zero-order chi connectivity index (χ0) is 24.6. The maximum atomic E-state index is 10.8. The number of aliphatic carboxylic acids is 1. The van der Waals surface area contributed by atoms with E-state index in [1.165, 1.54) is 0 Å². The number of carbonyl (C=O) groups is 1. The van der Waals surface area contributed by atoms with E-state index in [4.69, 9.17) is 35.7 Å². The summed E-state index contributed by atoms with van der Waals surface area (Å²) in [6, 6.07) is 20.2. The van der Waals surface area contributed by atoms with Crippen molar-refractivity contribution in [1.82, 2.24) is 15.0 Å². The molecule has 2 aromatic heterocycles. The van der Waals surface area contributed by atoms with Crippen LogP contribution >= 0.6 is 11.6 Å². The van der Waals surface area contributed by atoms with Crippen molar-refractivity contribution in [3.05, 3.63) is 65.7 Å². The highest BCUT2D eigenvalue weighted by Gasteiger charge is 2.50. The largest absolute Gasteiger partial charge is 0.480 e. The zero-order valence-electron chi connectivity index (χ0n) is 19.0. The summed E-state index contributed by atoms with van der Waals surface area (Å²) in [5.74, 6) is -1.04. The molecule has 4 heterocycles. The molecule has 0 amide bonds. The molecule has 0 radical (unpaired) electrons. The maximum absolute atomic E-state index is 10.8. The van der Waals surface area contributed by atoms with E-state index in [-0.39, 0.29) is 25.3 Å². The van der Waals surface area contributed by atoms with Crippen molar-refractivity contribution in [2.45, 2.75) is 24.4 Å². The molecule has 2 aliphatic heterocycles. The minimum atomic E-state index is -1.04. The molecule has 2 aromatic carbocycles. The lowest BCUT2D eigenvalue weighted by molar-refractivity contribution is -0.146. The number of pyridine rings is 1. The van der Waals surface area contributed by atoms with Gasteiger partial charge in [0.15, 0.2) is 11.8 Å². The molecule has 2 aliphatic rings. The van der Waals surface area contributed by atoms with E-state index in [9.17, 15) is 4.79 Å². The molecule has 2 N–H and O–H groups in total. The van der Waals surface area contributed by atoms with Gasteiger partial charge < -0.3 is 29.0 Å². The summed E-state index contributed by atoms with van der Waals surface area (Å²) < 4.78 is 22.9. The molecule has 0 saturated carbocycles. The number of hydrogen-bond donors (Lipinski definition) is 2. The minimum absolute atomic E-state index is 0.242. The smallest absolute Gasteiger partial charge is 0.329 e. The number of fused-ring (bicyclic) bond motifs is 2. The van der Waals surface area contributed by atoms with Gasteiger partial charge in [0.1, 0.15) is 24.9 Å². The average molecular weight is 508 g/mol. The Hall–Kier alpha value is -3.50. The van der Waals surface area contributed by atoms with E-state index in [2.05, 4.69) is 27.1 Å². The average Bonchev–Trinajstić information content (AvgIpc) is 3.59. The zero-order valence-corrected chi connectivity index (χ0v) is 19.7. The third-order valence-electron chi connectivity index (χ3n) is 6.32. The van der Waals surface area contributed by atoms with Crippen LogP contribution in [0.25, 0.3) is 33.5 Å². The molecule has 2 saturated heterocycles. The van der Waals surface area contributed by atoms with Crippen LogP contribution in [-0.2, 0) is 19.0 Å². The van der Waals surface area contributed by atoms with Crippen molar-refractivity contribution in [3.8, 4) is 28.4 Å². The van der Waals surface area contributed by atoms with Crippen molar-refractivity contribution >= 4 is 28.7 Å². The number of carboxylic acids is 1. The second-order valence-electron chi connectivity index (χ2n) is 8.67. The van der Waals surface area contributed by atoms with Gasteiger partial charge in [-0.3, -0.25) is 0 Å². The van der Waals surface area contributed by atoms with Crippen LogP contribution in [0.3, 0.4) is 0 Å². The number of ether oxygens (including phenoxy) is 4. The molecule has 6 rings (SSSR count). The Kier molecular flexibility index (Phi) is 6.06. The number of benzene rings is 2. The lowest BCUT2D eigenvalue weighted by Gasteiger charge is -2.16. The van der Waals surface area contributed by atoms with Gasteiger partial charge in [0.05, 0.1) is 29.4 Å². The molecule has 9 nitrogen and oxygen atoms in total. The second kappa shape index (κ2) is 9.51. The van der Waals surface area contributed by atoms with Gasteiger partial charge in [-0.1, -0.05) is 66.2 Å². The van der Waals surface area contributed by atoms with Crippen LogP contribution in [0.15, 0.2) is 60.7 Å². The summed E-state index contributed by atoms with van der Waals surface area (Å²) in [6.45, 7) is 0.109. The van der Waals surface area contributed by atoms with E-state index in [1.54, 1.807) is 6.07 Å². The predicted molar refractivity (Wildman–Crippen MR) is 131 cm³/mol. The Morgan fingerprint density at radius 3 is 2.39 bits per heavy atom. The molecule has 184 valence electrons. The van der Waals surface area contributed by atoms with Gasteiger partial charge in [-0.25, -0.2) is 9.78 Å². The number of hydrogen-bond acceptors (Lipinski definition) is 7. The van der Waals surface area contributed by atoms with E-state index < -0.39 is 30.9 Å². The lowest BCUT2D eigenvalue weighted by Crippen LogP contribution is -2.36. The van der Waals surface area contributed by atoms with E-state index in [1.807, 2.05) is 42.5 Å². The highest BCUT2D eigenvalue weighted by molar-refractivity contribution is 6.33. The molecule has 2 fully saturated rings. The van der Waals surface area contributed by atoms with Crippen LogP contribution < -0.4 is 4.74 Å². The van der Waals surface area contributed by atoms with E-state index >= 15 is 0 Å². The van der Waals surface area contributed by atoms with Crippen molar-refractivity contribution in [2.75, 3.05) is 19.8 Å². The van der Waals surface area contributed by atoms with Crippen LogP contribution in [-0.4, -0.2) is 70.3 Å². The SMILES string of the molecule is O=C(O)CO[C@@H]1CO[C@H]2[C@@H]1OC[C@H]2Oc1nc2nc(-c3ccc(-c4ccccc4)cc3)c(Cl)cc2[nH]1. The first-order chi connectivity index (χ1) is 17.5. The summed E-state index contributed by atoms with van der Waals surface area (Å²) in [5.41, 5.74) is 4.87. The Morgan fingerprint density at radius 1 is 0.972 bits per heavy atom. The number of carboxylic acid groups (broad SMARTS) is 1. The third kappa shape index (κ3) is 4.42. The van der Waals surface area contributed by atoms with Crippen molar-refractivity contribution in [3.63, 3.8) is 0 Å². The molecule has 0 bridgehead atoms. The summed E-state index contributed by atoms with van der Waals surface area (Å²) in [5, 5.41) is 9.33. The summed E-state index contributed by atoms with van der Waals surface area (Å²) >= 11 is 6.57. The number of halogens is 1. The molecule has 0 spiro atoms. The fraction of sp³-hybridized carbons (Fsp3) is 0.269. The van der Waals surface area contributed by atoms with Crippen molar-refractivity contribution in [2.24, 2.45) is 0 Å². The molecular formula is C26H22ClN3O6. The van der Waals surface area contributed by atoms with E-state index in [0.29, 0.717) is 21.9 Å². The van der Waals surface area contributed by atoms with Crippen LogP contribution in [0, 0.1) is 0 Å². The molecule has 36 heavy (non-hydrogen) atoms. The number of aromatic amines is 1. The summed E-state index contributed by atoms with van der Waals surface area (Å²) in [7, 11) is 0.